The van der Waals surface area contributed by atoms with Crippen LogP contribution in [0.2, 0.25) is 0 Å². The summed E-state index contributed by atoms with van der Waals surface area (Å²) in [5.74, 6) is 0.566. The van der Waals surface area contributed by atoms with E-state index in [9.17, 15) is 4.79 Å². The molecule has 4 heteroatoms. The minimum atomic E-state index is -0.248. The fourth-order valence-corrected chi connectivity index (χ4v) is 6.39. The first-order valence-electron chi connectivity index (χ1n) is 21.9. The highest BCUT2D eigenvalue weighted by atomic mass is 16.5. The van der Waals surface area contributed by atoms with Gasteiger partial charge in [0.25, 0.3) is 0 Å². The quantitative estimate of drug-likeness (QED) is 0.0496. The molecular formula is C46H86N2O2. The predicted octanol–water partition coefficient (Wildman–Crippen LogP) is 14.5. The molecule has 0 aliphatic heterocycles. The number of amides is 1. The topological polar surface area (TPSA) is 50.4 Å². The first-order valence-corrected chi connectivity index (χ1v) is 21.9. The number of hydrogen-bond acceptors (Lipinski definition) is 3. The van der Waals surface area contributed by atoms with E-state index >= 15 is 0 Å². The van der Waals surface area contributed by atoms with Crippen LogP contribution in [-0.2, 0) is 4.74 Å². The van der Waals surface area contributed by atoms with Crippen molar-refractivity contribution in [1.82, 2.24) is 10.6 Å². The summed E-state index contributed by atoms with van der Waals surface area (Å²) in [4.78, 5) is 12.2. The number of hydrogen-bond donors (Lipinski definition) is 2. The fraction of sp³-hybridized carbons (Fsp3) is 0.804. The van der Waals surface area contributed by atoms with E-state index in [1.54, 1.807) is 0 Å². The van der Waals surface area contributed by atoms with E-state index in [0.29, 0.717) is 12.5 Å². The zero-order valence-corrected chi connectivity index (χ0v) is 33.8. The summed E-state index contributed by atoms with van der Waals surface area (Å²) in [6.45, 7) is 6.65. The summed E-state index contributed by atoms with van der Waals surface area (Å²) in [6.07, 6.45) is 57.1. The zero-order valence-electron chi connectivity index (χ0n) is 33.8. The summed E-state index contributed by atoms with van der Waals surface area (Å²) in [5.41, 5.74) is 0. The lowest BCUT2D eigenvalue weighted by Gasteiger charge is -2.18. The largest absolute Gasteiger partial charge is 0.450 e. The second-order valence-corrected chi connectivity index (χ2v) is 14.6. The molecule has 0 saturated carbocycles. The van der Waals surface area contributed by atoms with Crippen LogP contribution >= 0.6 is 0 Å². The molecule has 292 valence electrons. The van der Waals surface area contributed by atoms with Crippen LogP contribution in [0.5, 0.6) is 0 Å². The summed E-state index contributed by atoms with van der Waals surface area (Å²) in [6, 6.07) is 0. The van der Waals surface area contributed by atoms with Gasteiger partial charge in [-0.15, -0.1) is 0 Å². The lowest BCUT2D eigenvalue weighted by Crippen LogP contribution is -2.30. The molecule has 0 rings (SSSR count). The molecule has 4 nitrogen and oxygen atoms in total. The van der Waals surface area contributed by atoms with E-state index in [-0.39, 0.29) is 6.09 Å². The Balaban J connectivity index is 4.00. The number of ether oxygens (including phenoxy) is 1. The maximum absolute atomic E-state index is 12.2. The lowest BCUT2D eigenvalue weighted by atomic mass is 9.94. The molecule has 1 unspecified atom stereocenters. The van der Waals surface area contributed by atoms with Crippen molar-refractivity contribution in [2.24, 2.45) is 5.92 Å². The van der Waals surface area contributed by atoms with Crippen LogP contribution in [0.15, 0.2) is 48.6 Å². The molecule has 2 N–H and O–H groups in total. The molecule has 0 spiro atoms. The lowest BCUT2D eigenvalue weighted by molar-refractivity contribution is 0.142. The number of carbonyl (C=O) groups is 1. The molecule has 0 radical (unpaired) electrons. The number of unbranched alkanes of at least 4 members (excludes halogenated alkanes) is 21. The van der Waals surface area contributed by atoms with Gasteiger partial charge in [0.1, 0.15) is 0 Å². The summed E-state index contributed by atoms with van der Waals surface area (Å²) < 4.78 is 5.37. The van der Waals surface area contributed by atoms with Gasteiger partial charge in [-0.2, -0.15) is 0 Å². The van der Waals surface area contributed by atoms with Gasteiger partial charge in [-0.05, 0) is 109 Å². The van der Waals surface area contributed by atoms with Gasteiger partial charge in [-0.3, -0.25) is 0 Å². The van der Waals surface area contributed by atoms with Crippen molar-refractivity contribution < 1.29 is 9.53 Å². The van der Waals surface area contributed by atoms with E-state index in [2.05, 4.69) is 73.1 Å². The van der Waals surface area contributed by atoms with Crippen molar-refractivity contribution >= 4 is 6.09 Å². The van der Waals surface area contributed by atoms with Crippen LogP contribution in [0, 0.1) is 5.92 Å². The molecular weight excluding hydrogens is 613 g/mol. The number of rotatable bonds is 39. The Labute approximate surface area is 313 Å². The molecule has 0 aliphatic carbocycles. The van der Waals surface area contributed by atoms with Crippen LogP contribution in [0.1, 0.15) is 206 Å². The molecule has 0 saturated heterocycles. The third kappa shape index (κ3) is 40.6. The summed E-state index contributed by atoms with van der Waals surface area (Å²) >= 11 is 0. The van der Waals surface area contributed by atoms with Gasteiger partial charge < -0.3 is 15.4 Å². The standard InChI is InChI=1S/C46H86N2O2/c1-4-6-8-10-12-14-16-18-20-22-23-24-26-28-30-32-34-36-38-41-45(44-48-46(49)50-43-39-42-47-3)40-37-35-33-31-29-27-25-21-19-17-15-13-11-9-7-5-2/h13,15-16,18-19,21,23-24,45,47H,4-12,14,17,20,22,25-44H2,1-3H3,(H,48,49)/b15-13-,18-16-,21-19-,24-23-. The molecule has 1 atom stereocenters. The van der Waals surface area contributed by atoms with Gasteiger partial charge in [0.2, 0.25) is 0 Å². The van der Waals surface area contributed by atoms with Crippen molar-refractivity contribution in [3.8, 4) is 0 Å². The molecule has 0 fully saturated rings. The Bertz CT molecular complexity index is 787. The highest BCUT2D eigenvalue weighted by Gasteiger charge is 2.11. The number of allylic oxidation sites excluding steroid dienone is 8. The number of carbonyl (C=O) groups excluding carboxylic acids is 1. The average molecular weight is 699 g/mol. The van der Waals surface area contributed by atoms with Gasteiger partial charge in [0, 0.05) is 6.54 Å². The Hall–Kier alpha value is -1.81. The molecule has 0 aliphatic rings. The zero-order chi connectivity index (χ0) is 36.3. The number of alkyl carbamates (subject to hydrolysis) is 1. The van der Waals surface area contributed by atoms with Crippen LogP contribution in [0.4, 0.5) is 4.79 Å². The van der Waals surface area contributed by atoms with Crippen molar-refractivity contribution in [3.05, 3.63) is 48.6 Å². The maximum atomic E-state index is 12.2. The minimum absolute atomic E-state index is 0.248. The van der Waals surface area contributed by atoms with Crippen LogP contribution in [0.3, 0.4) is 0 Å². The Morgan fingerprint density at radius 2 is 0.900 bits per heavy atom. The SMILES string of the molecule is CCCCC/C=C\C/C=C\CCCCCCCCC(CCCCCCCC/C=C\CC/C=C\CCCCCCC)CNC(=O)OCCCNC. The Morgan fingerprint density at radius 3 is 1.40 bits per heavy atom. The molecule has 1 amide bonds. The van der Waals surface area contributed by atoms with E-state index in [1.807, 2.05) is 7.05 Å². The van der Waals surface area contributed by atoms with Crippen molar-refractivity contribution in [2.75, 3.05) is 26.7 Å². The predicted molar refractivity (Wildman–Crippen MR) is 223 cm³/mol. The van der Waals surface area contributed by atoms with E-state index in [1.165, 1.54) is 180 Å². The first kappa shape index (κ1) is 48.2. The summed E-state index contributed by atoms with van der Waals surface area (Å²) in [5, 5.41) is 6.17. The van der Waals surface area contributed by atoms with Crippen molar-refractivity contribution in [3.63, 3.8) is 0 Å². The van der Waals surface area contributed by atoms with Crippen molar-refractivity contribution in [2.45, 2.75) is 206 Å². The molecule has 0 aromatic carbocycles. The first-order chi connectivity index (χ1) is 24.7. The molecule has 0 aromatic heterocycles. The van der Waals surface area contributed by atoms with Crippen molar-refractivity contribution in [1.29, 1.82) is 0 Å². The molecule has 50 heavy (non-hydrogen) atoms. The monoisotopic (exact) mass is 699 g/mol. The summed E-state index contributed by atoms with van der Waals surface area (Å²) in [7, 11) is 1.93. The van der Waals surface area contributed by atoms with Crippen LogP contribution in [0.25, 0.3) is 0 Å². The van der Waals surface area contributed by atoms with Gasteiger partial charge in [0.15, 0.2) is 0 Å². The molecule has 0 bridgehead atoms. The second kappa shape index (κ2) is 43.4. The Kier molecular flexibility index (Phi) is 41.8. The third-order valence-corrected chi connectivity index (χ3v) is 9.69. The maximum Gasteiger partial charge on any atom is 0.407 e. The number of nitrogens with one attached hydrogen (secondary N) is 2. The van der Waals surface area contributed by atoms with E-state index in [0.717, 1.165) is 25.9 Å². The van der Waals surface area contributed by atoms with Crippen LogP contribution in [-0.4, -0.2) is 32.8 Å². The normalized spacial score (nSPS) is 12.7. The van der Waals surface area contributed by atoms with Gasteiger partial charge >= 0.3 is 6.09 Å². The van der Waals surface area contributed by atoms with E-state index < -0.39 is 0 Å². The molecule has 0 aromatic rings. The highest BCUT2D eigenvalue weighted by Crippen LogP contribution is 2.19. The minimum Gasteiger partial charge on any atom is -0.450 e. The van der Waals surface area contributed by atoms with E-state index in [4.69, 9.17) is 4.74 Å². The average Bonchev–Trinajstić information content (AvgIpc) is 3.12. The van der Waals surface area contributed by atoms with Gasteiger partial charge in [0.05, 0.1) is 6.61 Å². The fourth-order valence-electron chi connectivity index (χ4n) is 6.39. The van der Waals surface area contributed by atoms with Crippen LogP contribution < -0.4 is 10.6 Å². The Morgan fingerprint density at radius 1 is 0.500 bits per heavy atom. The van der Waals surface area contributed by atoms with Gasteiger partial charge in [-0.1, -0.05) is 165 Å². The smallest absolute Gasteiger partial charge is 0.407 e. The second-order valence-electron chi connectivity index (χ2n) is 14.6. The van der Waals surface area contributed by atoms with Gasteiger partial charge in [-0.25, -0.2) is 4.79 Å². The highest BCUT2D eigenvalue weighted by molar-refractivity contribution is 5.67. The third-order valence-electron chi connectivity index (χ3n) is 9.69. The molecule has 0 heterocycles.